The van der Waals surface area contributed by atoms with Crippen molar-refractivity contribution >= 4 is 27.5 Å². The Balaban J connectivity index is 1.49. The first-order chi connectivity index (χ1) is 13.5. The number of hydrogen-bond donors (Lipinski definition) is 1. The summed E-state index contributed by atoms with van der Waals surface area (Å²) in [5.41, 5.74) is 1.94. The third-order valence-corrected chi connectivity index (χ3v) is 5.23. The lowest BCUT2D eigenvalue weighted by atomic mass is 10.1. The number of hydrogen-bond acceptors (Lipinski definition) is 4. The molecule has 1 atom stereocenters. The van der Waals surface area contributed by atoms with Gasteiger partial charge in [-0.25, -0.2) is 4.39 Å². The number of amides is 1. The van der Waals surface area contributed by atoms with E-state index in [1.165, 1.54) is 23.8 Å². The summed E-state index contributed by atoms with van der Waals surface area (Å²) in [4.78, 5) is 14.8. The van der Waals surface area contributed by atoms with Gasteiger partial charge in [-0.2, -0.15) is 0 Å². The van der Waals surface area contributed by atoms with Crippen molar-refractivity contribution in [1.29, 1.82) is 0 Å². The van der Waals surface area contributed by atoms with E-state index in [4.69, 9.17) is 9.47 Å². The predicted molar refractivity (Wildman–Crippen MR) is 110 cm³/mol. The fourth-order valence-electron chi connectivity index (χ4n) is 2.93. The van der Waals surface area contributed by atoms with E-state index < -0.39 is 6.10 Å². The number of halogens is 2. The molecule has 1 heterocycles. The molecule has 5 nitrogen and oxygen atoms in total. The second-order valence-corrected chi connectivity index (χ2v) is 7.58. The fourth-order valence-corrected chi connectivity index (χ4v) is 3.37. The van der Waals surface area contributed by atoms with Crippen molar-refractivity contribution < 1.29 is 18.7 Å². The maximum Gasteiger partial charge on any atom is 0.265 e. The van der Waals surface area contributed by atoms with Crippen LogP contribution in [0.5, 0.6) is 5.75 Å². The topological polar surface area (TPSA) is 50.8 Å². The van der Waals surface area contributed by atoms with Gasteiger partial charge in [-0.1, -0.05) is 12.1 Å². The molecule has 1 saturated heterocycles. The third-order valence-electron chi connectivity index (χ3n) is 4.61. The maximum absolute atomic E-state index is 13.2. The molecule has 1 aliphatic rings. The summed E-state index contributed by atoms with van der Waals surface area (Å²) in [5.74, 6) is -0.218. The highest BCUT2D eigenvalue weighted by atomic mass is 79.9. The van der Waals surface area contributed by atoms with Crippen LogP contribution in [0.4, 0.5) is 10.1 Å². The van der Waals surface area contributed by atoms with Gasteiger partial charge in [0.05, 0.1) is 17.7 Å². The molecule has 3 rings (SSSR count). The fraction of sp³-hybridized carbons (Fsp3) is 0.381. The Morgan fingerprint density at radius 2 is 1.96 bits per heavy atom. The molecule has 1 N–H and O–H groups in total. The van der Waals surface area contributed by atoms with Gasteiger partial charge in [0, 0.05) is 25.3 Å². The Morgan fingerprint density at radius 1 is 1.25 bits per heavy atom. The molecule has 0 aromatic heterocycles. The van der Waals surface area contributed by atoms with Gasteiger partial charge in [-0.3, -0.25) is 9.69 Å². The maximum atomic E-state index is 13.2. The van der Waals surface area contributed by atoms with Crippen molar-refractivity contribution in [2.45, 2.75) is 19.4 Å². The molecule has 28 heavy (non-hydrogen) atoms. The summed E-state index contributed by atoms with van der Waals surface area (Å²) in [6.07, 6.45) is 0.245. The van der Waals surface area contributed by atoms with Gasteiger partial charge < -0.3 is 14.8 Å². The summed E-state index contributed by atoms with van der Waals surface area (Å²) < 4.78 is 24.6. The van der Waals surface area contributed by atoms with Crippen molar-refractivity contribution in [2.75, 3.05) is 38.2 Å². The van der Waals surface area contributed by atoms with E-state index in [2.05, 4.69) is 26.1 Å². The molecular weight excluding hydrogens is 427 g/mol. The first kappa shape index (κ1) is 20.8. The molecule has 1 unspecified atom stereocenters. The van der Waals surface area contributed by atoms with Crippen LogP contribution < -0.4 is 10.1 Å². The van der Waals surface area contributed by atoms with E-state index in [0.717, 1.165) is 39.3 Å². The van der Waals surface area contributed by atoms with E-state index in [1.54, 1.807) is 6.92 Å². The lowest BCUT2D eigenvalue weighted by Gasteiger charge is -2.26. The van der Waals surface area contributed by atoms with Crippen LogP contribution in [0.25, 0.3) is 0 Å². The highest BCUT2D eigenvalue weighted by molar-refractivity contribution is 9.10. The molecule has 0 aliphatic carbocycles. The number of anilines is 1. The van der Waals surface area contributed by atoms with E-state index >= 15 is 0 Å². The number of carbonyl (C=O) groups is 1. The molecule has 0 saturated carbocycles. The SMILES string of the molecule is CC(Oc1ccc(F)cc1Br)C(=O)Nc1ccc(CCN2CCOCC2)cc1. The molecule has 2 aromatic rings. The Hall–Kier alpha value is -1.96. The van der Waals surface area contributed by atoms with Crippen LogP contribution in [0.1, 0.15) is 12.5 Å². The second kappa shape index (κ2) is 10.0. The van der Waals surface area contributed by atoms with Gasteiger partial charge in [-0.15, -0.1) is 0 Å². The number of carbonyl (C=O) groups excluding carboxylic acids is 1. The number of rotatable bonds is 7. The van der Waals surface area contributed by atoms with Crippen LogP contribution in [0, 0.1) is 5.82 Å². The summed E-state index contributed by atoms with van der Waals surface area (Å²) >= 11 is 3.24. The van der Waals surface area contributed by atoms with Crippen LogP contribution in [-0.4, -0.2) is 49.8 Å². The molecule has 1 amide bonds. The van der Waals surface area contributed by atoms with Gasteiger partial charge >= 0.3 is 0 Å². The minimum absolute atomic E-state index is 0.266. The molecule has 150 valence electrons. The van der Waals surface area contributed by atoms with Crippen molar-refractivity contribution in [1.82, 2.24) is 4.90 Å². The minimum Gasteiger partial charge on any atom is -0.480 e. The summed E-state index contributed by atoms with van der Waals surface area (Å²) in [7, 11) is 0. The number of nitrogens with zero attached hydrogens (tertiary/aromatic N) is 1. The molecule has 1 aliphatic heterocycles. The Labute approximate surface area is 172 Å². The molecule has 0 spiro atoms. The lowest BCUT2D eigenvalue weighted by molar-refractivity contribution is -0.122. The van der Waals surface area contributed by atoms with E-state index in [0.29, 0.717) is 15.9 Å². The van der Waals surface area contributed by atoms with Gasteiger partial charge in [0.1, 0.15) is 11.6 Å². The van der Waals surface area contributed by atoms with Crippen LogP contribution in [0.3, 0.4) is 0 Å². The van der Waals surface area contributed by atoms with Crippen molar-refractivity contribution in [3.8, 4) is 5.75 Å². The zero-order valence-corrected chi connectivity index (χ0v) is 17.4. The zero-order valence-electron chi connectivity index (χ0n) is 15.8. The van der Waals surface area contributed by atoms with Gasteiger partial charge in [-0.05, 0) is 65.2 Å². The molecule has 0 bridgehead atoms. The van der Waals surface area contributed by atoms with Crippen LogP contribution in [-0.2, 0) is 16.0 Å². The van der Waals surface area contributed by atoms with Gasteiger partial charge in [0.25, 0.3) is 5.91 Å². The molecule has 2 aromatic carbocycles. The molecule has 1 fully saturated rings. The van der Waals surface area contributed by atoms with E-state index in [1.807, 2.05) is 24.3 Å². The van der Waals surface area contributed by atoms with Crippen LogP contribution in [0.2, 0.25) is 0 Å². The average molecular weight is 451 g/mol. The smallest absolute Gasteiger partial charge is 0.265 e. The van der Waals surface area contributed by atoms with Crippen LogP contribution in [0.15, 0.2) is 46.9 Å². The zero-order chi connectivity index (χ0) is 19.9. The summed E-state index contributed by atoms with van der Waals surface area (Å²) in [5, 5.41) is 2.85. The minimum atomic E-state index is -0.720. The number of nitrogens with one attached hydrogen (secondary N) is 1. The van der Waals surface area contributed by atoms with Crippen molar-refractivity contribution in [2.24, 2.45) is 0 Å². The number of morpholine rings is 1. The highest BCUT2D eigenvalue weighted by Crippen LogP contribution is 2.26. The lowest BCUT2D eigenvalue weighted by Crippen LogP contribution is -2.37. The number of benzene rings is 2. The van der Waals surface area contributed by atoms with Gasteiger partial charge in [0.15, 0.2) is 6.10 Å². The summed E-state index contributed by atoms with van der Waals surface area (Å²) in [6.45, 7) is 6.24. The molecule has 0 radical (unpaired) electrons. The highest BCUT2D eigenvalue weighted by Gasteiger charge is 2.16. The average Bonchev–Trinajstić information content (AvgIpc) is 2.70. The first-order valence-electron chi connectivity index (χ1n) is 9.33. The monoisotopic (exact) mass is 450 g/mol. The third kappa shape index (κ3) is 6.02. The normalized spacial score (nSPS) is 15.8. The summed E-state index contributed by atoms with van der Waals surface area (Å²) in [6, 6.07) is 11.9. The first-order valence-corrected chi connectivity index (χ1v) is 10.1. The largest absolute Gasteiger partial charge is 0.480 e. The Kier molecular flexibility index (Phi) is 7.42. The Bertz CT molecular complexity index is 795. The molecular formula is C21H24BrFN2O3. The van der Waals surface area contributed by atoms with Crippen molar-refractivity contribution in [3.63, 3.8) is 0 Å². The standard InChI is InChI=1S/C21H24BrFN2O3/c1-15(28-20-7-4-17(23)14-19(20)22)21(26)24-18-5-2-16(3-6-18)8-9-25-10-12-27-13-11-25/h2-7,14-15H,8-13H2,1H3,(H,24,26). The quantitative estimate of drug-likeness (QED) is 0.695. The van der Waals surface area contributed by atoms with E-state index in [9.17, 15) is 9.18 Å². The Morgan fingerprint density at radius 3 is 2.64 bits per heavy atom. The second-order valence-electron chi connectivity index (χ2n) is 6.73. The molecule has 7 heteroatoms. The van der Waals surface area contributed by atoms with E-state index in [-0.39, 0.29) is 11.7 Å². The predicted octanol–water partition coefficient (Wildman–Crippen LogP) is 3.87. The van der Waals surface area contributed by atoms with Crippen molar-refractivity contribution in [3.05, 3.63) is 58.3 Å². The number of ether oxygens (including phenoxy) is 2. The van der Waals surface area contributed by atoms with Gasteiger partial charge in [0.2, 0.25) is 0 Å². The van der Waals surface area contributed by atoms with Crippen LogP contribution >= 0.6 is 15.9 Å².